The molecule has 2 rings (SSSR count). The molecule has 0 saturated carbocycles. The third-order valence-corrected chi connectivity index (χ3v) is 1.83. The lowest BCUT2D eigenvalue weighted by Gasteiger charge is -2.00. The second-order valence-corrected chi connectivity index (χ2v) is 2.78. The molecule has 2 heterocycles. The van der Waals surface area contributed by atoms with E-state index < -0.39 is 6.04 Å². The van der Waals surface area contributed by atoms with Gasteiger partial charge in [-0.3, -0.25) is 0 Å². The predicted molar refractivity (Wildman–Crippen MR) is 47.0 cm³/mol. The lowest BCUT2D eigenvalue weighted by atomic mass is 10.2. The van der Waals surface area contributed by atoms with E-state index in [0.29, 0.717) is 5.69 Å². The van der Waals surface area contributed by atoms with Crippen LogP contribution in [0.3, 0.4) is 0 Å². The van der Waals surface area contributed by atoms with E-state index in [0.717, 1.165) is 5.65 Å². The van der Waals surface area contributed by atoms with Crippen molar-refractivity contribution >= 4 is 5.65 Å². The van der Waals surface area contributed by atoms with E-state index in [1.807, 2.05) is 0 Å². The van der Waals surface area contributed by atoms with E-state index in [1.165, 1.54) is 0 Å². The Labute approximate surface area is 74.8 Å². The highest BCUT2D eigenvalue weighted by Gasteiger charge is 2.08. The summed E-state index contributed by atoms with van der Waals surface area (Å²) in [6.45, 7) is -0.107. The van der Waals surface area contributed by atoms with Gasteiger partial charge in [-0.25, -0.2) is 9.50 Å². The molecule has 0 spiro atoms. The summed E-state index contributed by atoms with van der Waals surface area (Å²) in [5, 5.41) is 13.0. The summed E-state index contributed by atoms with van der Waals surface area (Å²) in [6, 6.07) is 3.12. The molecular formula is C8H10N4O. The van der Waals surface area contributed by atoms with E-state index in [2.05, 4.69) is 10.1 Å². The SMILES string of the molecule is NC(CO)c1cc2ncccn2n1. The van der Waals surface area contributed by atoms with E-state index in [1.54, 1.807) is 29.0 Å². The normalized spacial score (nSPS) is 13.4. The number of aromatic nitrogens is 3. The maximum absolute atomic E-state index is 8.82. The highest BCUT2D eigenvalue weighted by molar-refractivity contribution is 5.38. The van der Waals surface area contributed by atoms with Gasteiger partial charge >= 0.3 is 0 Å². The minimum Gasteiger partial charge on any atom is -0.394 e. The first-order valence-corrected chi connectivity index (χ1v) is 3.98. The predicted octanol–water partition coefficient (Wildman–Crippen LogP) is -0.279. The summed E-state index contributed by atoms with van der Waals surface area (Å²) in [4.78, 5) is 4.08. The van der Waals surface area contributed by atoms with Gasteiger partial charge in [-0.05, 0) is 6.07 Å². The fourth-order valence-electron chi connectivity index (χ4n) is 1.12. The van der Waals surface area contributed by atoms with Gasteiger partial charge < -0.3 is 10.8 Å². The number of hydrogen-bond donors (Lipinski definition) is 2. The zero-order valence-corrected chi connectivity index (χ0v) is 6.96. The Morgan fingerprint density at radius 1 is 1.62 bits per heavy atom. The van der Waals surface area contributed by atoms with Gasteiger partial charge in [0.05, 0.1) is 18.3 Å². The molecule has 1 atom stereocenters. The molecule has 0 bridgehead atoms. The molecule has 2 aromatic rings. The first-order valence-electron chi connectivity index (χ1n) is 3.98. The van der Waals surface area contributed by atoms with Crippen LogP contribution < -0.4 is 5.73 Å². The molecule has 0 aromatic carbocycles. The highest BCUT2D eigenvalue weighted by atomic mass is 16.3. The first-order chi connectivity index (χ1) is 6.31. The van der Waals surface area contributed by atoms with Crippen LogP contribution in [0.1, 0.15) is 11.7 Å². The van der Waals surface area contributed by atoms with Crippen LogP contribution in [0.2, 0.25) is 0 Å². The van der Waals surface area contributed by atoms with E-state index in [-0.39, 0.29) is 6.61 Å². The Hall–Kier alpha value is -1.46. The van der Waals surface area contributed by atoms with Crippen molar-refractivity contribution in [3.63, 3.8) is 0 Å². The third kappa shape index (κ3) is 1.39. The quantitative estimate of drug-likeness (QED) is 0.663. The van der Waals surface area contributed by atoms with Crippen molar-refractivity contribution in [2.45, 2.75) is 6.04 Å². The van der Waals surface area contributed by atoms with Gasteiger partial charge in [0, 0.05) is 18.5 Å². The molecular weight excluding hydrogens is 168 g/mol. The van der Waals surface area contributed by atoms with Gasteiger partial charge in [0.15, 0.2) is 5.65 Å². The Bertz CT molecular complexity index is 378. The summed E-state index contributed by atoms with van der Waals surface area (Å²) in [7, 11) is 0. The van der Waals surface area contributed by atoms with Crippen LogP contribution in [-0.2, 0) is 0 Å². The van der Waals surface area contributed by atoms with Crippen molar-refractivity contribution < 1.29 is 5.11 Å². The van der Waals surface area contributed by atoms with Gasteiger partial charge in [0.1, 0.15) is 0 Å². The summed E-state index contributed by atoms with van der Waals surface area (Å²) < 4.78 is 1.63. The van der Waals surface area contributed by atoms with Crippen LogP contribution in [-0.4, -0.2) is 26.3 Å². The third-order valence-electron chi connectivity index (χ3n) is 1.83. The molecule has 0 saturated heterocycles. The molecule has 0 radical (unpaired) electrons. The van der Waals surface area contributed by atoms with Crippen molar-refractivity contribution in [3.8, 4) is 0 Å². The average Bonchev–Trinajstić information content (AvgIpc) is 2.59. The minimum atomic E-state index is -0.429. The fourth-order valence-corrected chi connectivity index (χ4v) is 1.12. The van der Waals surface area contributed by atoms with Crippen molar-refractivity contribution in [3.05, 3.63) is 30.2 Å². The van der Waals surface area contributed by atoms with Crippen LogP contribution in [0.4, 0.5) is 0 Å². The number of aliphatic hydroxyl groups is 1. The van der Waals surface area contributed by atoms with Gasteiger partial charge in [-0.15, -0.1) is 0 Å². The summed E-state index contributed by atoms with van der Waals surface area (Å²) in [5.41, 5.74) is 7.00. The Balaban J connectivity index is 2.49. The molecule has 1 unspecified atom stereocenters. The topological polar surface area (TPSA) is 76.4 Å². The van der Waals surface area contributed by atoms with Crippen LogP contribution in [0.25, 0.3) is 5.65 Å². The van der Waals surface area contributed by atoms with Gasteiger partial charge in [-0.1, -0.05) is 0 Å². The lowest BCUT2D eigenvalue weighted by Crippen LogP contribution is -2.14. The summed E-state index contributed by atoms with van der Waals surface area (Å²) in [6.07, 6.45) is 3.47. The second-order valence-electron chi connectivity index (χ2n) is 2.78. The molecule has 3 N–H and O–H groups in total. The van der Waals surface area contributed by atoms with Crippen LogP contribution in [0.15, 0.2) is 24.5 Å². The lowest BCUT2D eigenvalue weighted by molar-refractivity contribution is 0.265. The number of rotatable bonds is 2. The Kier molecular flexibility index (Phi) is 1.96. The molecule has 0 aliphatic rings. The molecule has 0 aliphatic carbocycles. The largest absolute Gasteiger partial charge is 0.394 e. The molecule has 5 nitrogen and oxygen atoms in total. The Morgan fingerprint density at radius 2 is 2.46 bits per heavy atom. The molecule has 13 heavy (non-hydrogen) atoms. The number of nitrogens with two attached hydrogens (primary N) is 1. The zero-order chi connectivity index (χ0) is 9.26. The standard InChI is InChI=1S/C8H10N4O/c9-6(5-13)7-4-8-10-2-1-3-12(8)11-7/h1-4,6,13H,5,9H2. The highest BCUT2D eigenvalue weighted by Crippen LogP contribution is 2.09. The van der Waals surface area contributed by atoms with E-state index in [9.17, 15) is 0 Å². The number of aliphatic hydroxyl groups excluding tert-OH is 1. The van der Waals surface area contributed by atoms with Crippen molar-refractivity contribution in [1.82, 2.24) is 14.6 Å². The molecule has 0 fully saturated rings. The fraction of sp³-hybridized carbons (Fsp3) is 0.250. The zero-order valence-electron chi connectivity index (χ0n) is 6.96. The van der Waals surface area contributed by atoms with Crippen molar-refractivity contribution in [1.29, 1.82) is 0 Å². The van der Waals surface area contributed by atoms with Crippen LogP contribution >= 0.6 is 0 Å². The van der Waals surface area contributed by atoms with E-state index in [4.69, 9.17) is 10.8 Å². The number of nitrogens with zero attached hydrogens (tertiary/aromatic N) is 3. The average molecular weight is 178 g/mol. The number of fused-ring (bicyclic) bond motifs is 1. The van der Waals surface area contributed by atoms with Gasteiger partial charge in [0.25, 0.3) is 0 Å². The number of hydrogen-bond acceptors (Lipinski definition) is 4. The van der Waals surface area contributed by atoms with Gasteiger partial charge in [0.2, 0.25) is 0 Å². The maximum Gasteiger partial charge on any atom is 0.155 e. The molecule has 5 heteroatoms. The van der Waals surface area contributed by atoms with Crippen molar-refractivity contribution in [2.24, 2.45) is 5.73 Å². The first kappa shape index (κ1) is 8.15. The molecule has 0 aliphatic heterocycles. The maximum atomic E-state index is 8.82. The van der Waals surface area contributed by atoms with Crippen LogP contribution in [0, 0.1) is 0 Å². The smallest absolute Gasteiger partial charge is 0.155 e. The van der Waals surface area contributed by atoms with Gasteiger partial charge in [-0.2, -0.15) is 5.10 Å². The van der Waals surface area contributed by atoms with Crippen molar-refractivity contribution in [2.75, 3.05) is 6.61 Å². The summed E-state index contributed by atoms with van der Waals surface area (Å²) >= 11 is 0. The monoisotopic (exact) mass is 178 g/mol. The van der Waals surface area contributed by atoms with E-state index >= 15 is 0 Å². The molecule has 0 amide bonds. The second kappa shape index (κ2) is 3.12. The Morgan fingerprint density at radius 3 is 3.15 bits per heavy atom. The molecule has 68 valence electrons. The van der Waals surface area contributed by atoms with Crippen LogP contribution in [0.5, 0.6) is 0 Å². The molecule has 2 aromatic heterocycles. The minimum absolute atomic E-state index is 0.107. The summed E-state index contributed by atoms with van der Waals surface area (Å²) in [5.74, 6) is 0.